The number of rotatable bonds is 6. The first-order valence-corrected chi connectivity index (χ1v) is 14.0. The Morgan fingerprint density at radius 3 is 2.46 bits per heavy atom. The number of nitrogens with zero attached hydrogens (tertiary/aromatic N) is 2. The van der Waals surface area contributed by atoms with Gasteiger partial charge in [0.2, 0.25) is 0 Å². The van der Waals surface area contributed by atoms with E-state index in [1.807, 2.05) is 48.5 Å². The summed E-state index contributed by atoms with van der Waals surface area (Å²) in [5.74, 6) is 0.0741. The van der Waals surface area contributed by atoms with Crippen LogP contribution < -0.4 is 14.9 Å². The molecule has 3 aromatic carbocycles. The van der Waals surface area contributed by atoms with E-state index in [0.717, 1.165) is 5.56 Å². The van der Waals surface area contributed by atoms with Gasteiger partial charge in [0.1, 0.15) is 17.3 Å². The summed E-state index contributed by atoms with van der Waals surface area (Å²) < 4.78 is 27.2. The molecule has 0 spiro atoms. The highest BCUT2D eigenvalue weighted by Gasteiger charge is 2.35. The lowest BCUT2D eigenvalue weighted by atomic mass is 9.93. The van der Waals surface area contributed by atoms with Crippen LogP contribution in [0, 0.1) is 5.82 Å². The highest BCUT2D eigenvalue weighted by molar-refractivity contribution is 7.07. The van der Waals surface area contributed by atoms with Crippen molar-refractivity contribution in [3.05, 3.63) is 144 Å². The molecule has 0 radical (unpaired) electrons. The molecule has 0 amide bonds. The average Bonchev–Trinajstić information content (AvgIpc) is 3.58. The van der Waals surface area contributed by atoms with Crippen molar-refractivity contribution in [3.8, 4) is 11.3 Å². The summed E-state index contributed by atoms with van der Waals surface area (Å²) in [6.07, 6.45) is 1.65. The predicted octanol–water partition coefficient (Wildman–Crippen LogP) is 5.99. The van der Waals surface area contributed by atoms with Gasteiger partial charge in [-0.1, -0.05) is 65.4 Å². The normalized spacial score (nSPS) is 15.0. The summed E-state index contributed by atoms with van der Waals surface area (Å²) in [6.45, 7) is 1.85. The third kappa shape index (κ3) is 5.19. The molecule has 2 aromatic heterocycles. The number of fused-ring (bicyclic) bond motifs is 1. The van der Waals surface area contributed by atoms with Crippen molar-refractivity contribution in [3.63, 3.8) is 0 Å². The maximum atomic E-state index is 13.9. The van der Waals surface area contributed by atoms with Crippen LogP contribution in [0.5, 0.6) is 0 Å². The van der Waals surface area contributed by atoms with Gasteiger partial charge in [-0.05, 0) is 61.0 Å². The van der Waals surface area contributed by atoms with Crippen LogP contribution in [0.3, 0.4) is 0 Å². The molecular formula is C32H22ClFN2O4S. The van der Waals surface area contributed by atoms with Crippen LogP contribution in [0.4, 0.5) is 4.39 Å². The zero-order valence-electron chi connectivity index (χ0n) is 21.7. The summed E-state index contributed by atoms with van der Waals surface area (Å²) in [4.78, 5) is 32.6. The number of halogens is 2. The number of thiazole rings is 1. The van der Waals surface area contributed by atoms with Crippen LogP contribution in [0.2, 0.25) is 5.02 Å². The van der Waals surface area contributed by atoms with E-state index < -0.39 is 17.8 Å². The fourth-order valence-electron chi connectivity index (χ4n) is 4.73. The first kappa shape index (κ1) is 26.7. The Morgan fingerprint density at radius 2 is 1.76 bits per heavy atom. The molecule has 0 aliphatic carbocycles. The Kier molecular flexibility index (Phi) is 7.26. The fraction of sp³-hybridized carbons (Fsp3) is 0.0938. The smallest absolute Gasteiger partial charge is 0.338 e. The van der Waals surface area contributed by atoms with Gasteiger partial charge >= 0.3 is 5.97 Å². The number of aromatic nitrogens is 1. The molecule has 0 bridgehead atoms. The molecule has 41 heavy (non-hydrogen) atoms. The van der Waals surface area contributed by atoms with Crippen molar-refractivity contribution >= 4 is 40.7 Å². The minimum atomic E-state index is -0.885. The van der Waals surface area contributed by atoms with Crippen LogP contribution in [0.1, 0.15) is 29.9 Å². The van der Waals surface area contributed by atoms with Crippen molar-refractivity contribution < 1.29 is 18.3 Å². The van der Waals surface area contributed by atoms with Crippen LogP contribution >= 0.6 is 22.9 Å². The van der Waals surface area contributed by atoms with Crippen LogP contribution in [0.15, 0.2) is 111 Å². The number of furan rings is 1. The van der Waals surface area contributed by atoms with Crippen LogP contribution in [0.25, 0.3) is 23.1 Å². The number of esters is 1. The van der Waals surface area contributed by atoms with Crippen LogP contribution in [-0.4, -0.2) is 17.1 Å². The molecule has 0 fully saturated rings. The highest BCUT2D eigenvalue weighted by Crippen LogP contribution is 2.35. The monoisotopic (exact) mass is 584 g/mol. The second-order valence-corrected chi connectivity index (χ2v) is 10.6. The van der Waals surface area contributed by atoms with E-state index in [0.29, 0.717) is 42.7 Å². The number of carbonyl (C=O) groups is 1. The van der Waals surface area contributed by atoms with E-state index in [-0.39, 0.29) is 17.7 Å². The predicted molar refractivity (Wildman–Crippen MR) is 157 cm³/mol. The minimum Gasteiger partial charge on any atom is -0.463 e. The Labute approximate surface area is 242 Å². The van der Waals surface area contributed by atoms with Crippen molar-refractivity contribution in [2.75, 3.05) is 6.61 Å². The standard InChI is InChI=1S/C32H22ClFN2O4S/c1-2-39-31(38)27-28(20-6-4-3-5-7-20)35-32-36(29(27)21-10-14-23(34)15-11-21)30(37)26(41-32)18-24-16-17-25(40-24)19-8-12-22(33)13-9-19/h3-18,29H,2H2,1H3/b26-18-/t29-/m1/s1. The molecule has 3 heterocycles. The molecule has 9 heteroatoms. The summed E-state index contributed by atoms with van der Waals surface area (Å²) in [5.41, 5.74) is 2.33. The van der Waals surface area contributed by atoms with Crippen molar-refractivity contribution in [1.82, 2.24) is 4.57 Å². The van der Waals surface area contributed by atoms with Gasteiger partial charge in [0, 0.05) is 22.2 Å². The summed E-state index contributed by atoms with van der Waals surface area (Å²) in [5, 5.41) is 0.620. The van der Waals surface area contributed by atoms with Gasteiger partial charge in [-0.15, -0.1) is 0 Å². The number of carbonyl (C=O) groups excluding carboxylic acids is 1. The molecule has 6 rings (SSSR count). The van der Waals surface area contributed by atoms with Crippen molar-refractivity contribution in [1.29, 1.82) is 0 Å². The second kappa shape index (κ2) is 11.2. The van der Waals surface area contributed by atoms with Gasteiger partial charge in [0.15, 0.2) is 4.80 Å². The maximum Gasteiger partial charge on any atom is 0.338 e. The third-order valence-electron chi connectivity index (χ3n) is 6.59. The Bertz CT molecular complexity index is 1960. The molecule has 1 atom stereocenters. The Morgan fingerprint density at radius 1 is 1.02 bits per heavy atom. The molecule has 6 nitrogen and oxygen atoms in total. The van der Waals surface area contributed by atoms with E-state index in [1.54, 1.807) is 43.3 Å². The molecular weight excluding hydrogens is 563 g/mol. The van der Waals surface area contributed by atoms with Gasteiger partial charge in [-0.2, -0.15) is 0 Å². The second-order valence-electron chi connectivity index (χ2n) is 9.19. The number of hydrogen-bond donors (Lipinski definition) is 0. The molecule has 0 saturated carbocycles. The van der Waals surface area contributed by atoms with E-state index in [1.165, 1.54) is 28.0 Å². The first-order valence-electron chi connectivity index (χ1n) is 12.8. The van der Waals surface area contributed by atoms with Gasteiger partial charge < -0.3 is 9.15 Å². The molecule has 0 N–H and O–H groups in total. The van der Waals surface area contributed by atoms with Gasteiger partial charge in [0.25, 0.3) is 5.56 Å². The molecule has 0 saturated heterocycles. The molecule has 1 aliphatic rings. The molecule has 0 unspecified atom stereocenters. The Hall–Kier alpha value is -4.53. The molecule has 204 valence electrons. The lowest BCUT2D eigenvalue weighted by Gasteiger charge is -2.25. The Balaban J connectivity index is 1.55. The summed E-state index contributed by atoms with van der Waals surface area (Å²) >= 11 is 7.19. The highest BCUT2D eigenvalue weighted by atomic mass is 35.5. The van der Waals surface area contributed by atoms with Gasteiger partial charge in [-0.25, -0.2) is 14.2 Å². The molecule has 5 aromatic rings. The molecule has 1 aliphatic heterocycles. The van der Waals surface area contributed by atoms with E-state index >= 15 is 0 Å². The third-order valence-corrected chi connectivity index (χ3v) is 7.82. The van der Waals surface area contributed by atoms with Crippen LogP contribution in [-0.2, 0) is 9.53 Å². The van der Waals surface area contributed by atoms with Crippen molar-refractivity contribution in [2.45, 2.75) is 13.0 Å². The fourth-order valence-corrected chi connectivity index (χ4v) is 5.84. The SMILES string of the molecule is CCOC(=O)C1=C(c2ccccc2)N=c2s/c(=C\c3ccc(-c4ccc(Cl)cc4)o3)c(=O)n2[C@@H]1c1ccc(F)cc1. The van der Waals surface area contributed by atoms with Gasteiger partial charge in [-0.3, -0.25) is 9.36 Å². The number of ether oxygens (including phenoxy) is 1. The lowest BCUT2D eigenvalue weighted by molar-refractivity contribution is -0.138. The van der Waals surface area contributed by atoms with E-state index in [4.69, 9.17) is 25.7 Å². The maximum absolute atomic E-state index is 13.9. The first-order chi connectivity index (χ1) is 19.9. The van der Waals surface area contributed by atoms with E-state index in [9.17, 15) is 14.0 Å². The topological polar surface area (TPSA) is 73.8 Å². The summed E-state index contributed by atoms with van der Waals surface area (Å²) in [7, 11) is 0. The lowest BCUT2D eigenvalue weighted by Crippen LogP contribution is -2.40. The summed E-state index contributed by atoms with van der Waals surface area (Å²) in [6, 6.07) is 24.9. The van der Waals surface area contributed by atoms with Crippen molar-refractivity contribution in [2.24, 2.45) is 4.99 Å². The zero-order valence-corrected chi connectivity index (χ0v) is 23.3. The number of hydrogen-bond acceptors (Lipinski definition) is 6. The quantitative estimate of drug-likeness (QED) is 0.230. The van der Waals surface area contributed by atoms with E-state index in [2.05, 4.69) is 0 Å². The minimum absolute atomic E-state index is 0.138. The zero-order chi connectivity index (χ0) is 28.5. The average molecular weight is 585 g/mol. The van der Waals surface area contributed by atoms with Gasteiger partial charge in [0.05, 0.1) is 28.5 Å². The largest absolute Gasteiger partial charge is 0.463 e. The number of benzene rings is 3.